The summed E-state index contributed by atoms with van der Waals surface area (Å²) in [6.07, 6.45) is 1.28. The van der Waals surface area contributed by atoms with Crippen molar-refractivity contribution < 1.29 is 5.11 Å². The van der Waals surface area contributed by atoms with Crippen LogP contribution in [0.15, 0.2) is 28.1 Å². The highest BCUT2D eigenvalue weighted by Gasteiger charge is 2.11. The summed E-state index contributed by atoms with van der Waals surface area (Å²) in [7, 11) is 0. The lowest BCUT2D eigenvalue weighted by Crippen LogP contribution is -1.92. The van der Waals surface area contributed by atoms with Crippen LogP contribution in [0, 0.1) is 22.7 Å². The molecule has 1 heterocycles. The molecule has 0 saturated heterocycles. The number of rotatable bonds is 5. The van der Waals surface area contributed by atoms with E-state index >= 15 is 0 Å². The number of hydrogen-bond acceptors (Lipinski definition) is 5. The van der Waals surface area contributed by atoms with Gasteiger partial charge in [0, 0.05) is 17.0 Å². The molecule has 0 spiro atoms. The Morgan fingerprint density at radius 3 is 2.43 bits per heavy atom. The van der Waals surface area contributed by atoms with Crippen molar-refractivity contribution in [1.29, 1.82) is 10.5 Å². The quantitative estimate of drug-likeness (QED) is 0.883. The molecule has 0 radical (unpaired) electrons. The first kappa shape index (κ1) is 15.1. The number of aliphatic hydroxyl groups excluding tert-OH is 1. The van der Waals surface area contributed by atoms with E-state index in [1.807, 2.05) is 6.92 Å². The predicted molar refractivity (Wildman–Crippen MR) is 78.8 cm³/mol. The molecule has 6 heteroatoms. The van der Waals surface area contributed by atoms with Gasteiger partial charge < -0.3 is 10.1 Å². The van der Waals surface area contributed by atoms with Gasteiger partial charge in [-0.05, 0) is 24.6 Å². The number of imidazole rings is 1. The van der Waals surface area contributed by atoms with Gasteiger partial charge in [0.2, 0.25) is 0 Å². The number of nitrogens with one attached hydrogen (secondary N) is 1. The van der Waals surface area contributed by atoms with Gasteiger partial charge in [0.1, 0.15) is 10.9 Å². The summed E-state index contributed by atoms with van der Waals surface area (Å²) >= 11 is 1.42. The maximum atomic E-state index is 9.00. The third-order valence-electron chi connectivity index (χ3n) is 2.87. The zero-order valence-electron chi connectivity index (χ0n) is 11.6. The van der Waals surface area contributed by atoms with E-state index in [0.29, 0.717) is 17.5 Å². The van der Waals surface area contributed by atoms with Gasteiger partial charge in [-0.2, -0.15) is 10.5 Å². The number of nitriles is 2. The summed E-state index contributed by atoms with van der Waals surface area (Å²) in [5, 5.41) is 27.8. The van der Waals surface area contributed by atoms with Gasteiger partial charge in [-0.15, -0.1) is 0 Å². The molecule has 0 aliphatic rings. The van der Waals surface area contributed by atoms with Crippen molar-refractivity contribution in [3.63, 3.8) is 0 Å². The fraction of sp³-hybridized carbons (Fsp3) is 0.267. The van der Waals surface area contributed by atoms with Crippen LogP contribution in [-0.4, -0.2) is 21.7 Å². The van der Waals surface area contributed by atoms with Crippen LogP contribution < -0.4 is 0 Å². The van der Waals surface area contributed by atoms with E-state index in [9.17, 15) is 0 Å². The molecule has 2 rings (SSSR count). The van der Waals surface area contributed by atoms with Gasteiger partial charge >= 0.3 is 0 Å². The highest BCUT2D eigenvalue weighted by atomic mass is 32.2. The molecule has 106 valence electrons. The Morgan fingerprint density at radius 1 is 1.24 bits per heavy atom. The molecule has 2 aromatic rings. The summed E-state index contributed by atoms with van der Waals surface area (Å²) in [4.78, 5) is 8.45. The Balaban J connectivity index is 2.34. The lowest BCUT2D eigenvalue weighted by Gasteiger charge is -2.02. The second-order valence-electron chi connectivity index (χ2n) is 4.37. The first-order valence-corrected chi connectivity index (χ1v) is 7.33. The van der Waals surface area contributed by atoms with Crippen LogP contribution in [0.4, 0.5) is 0 Å². The minimum absolute atomic E-state index is 0.0449. The van der Waals surface area contributed by atoms with Crippen molar-refractivity contribution in [1.82, 2.24) is 9.97 Å². The Kier molecular flexibility index (Phi) is 4.99. The molecular formula is C15H14N4OS. The normalized spacial score (nSPS) is 10.1. The van der Waals surface area contributed by atoms with Crippen LogP contribution in [0.3, 0.4) is 0 Å². The number of benzene rings is 1. The van der Waals surface area contributed by atoms with E-state index in [1.54, 1.807) is 18.2 Å². The monoisotopic (exact) mass is 298 g/mol. The number of hydrogen-bond donors (Lipinski definition) is 2. The van der Waals surface area contributed by atoms with E-state index in [0.717, 1.165) is 27.9 Å². The Bertz CT molecular complexity index is 692. The van der Waals surface area contributed by atoms with Crippen LogP contribution in [0.25, 0.3) is 0 Å². The average Bonchev–Trinajstić information content (AvgIpc) is 2.88. The Labute approximate surface area is 127 Å². The number of nitrogens with zero attached hydrogens (tertiary/aromatic N) is 3. The van der Waals surface area contributed by atoms with E-state index in [1.165, 1.54) is 11.8 Å². The predicted octanol–water partition coefficient (Wildman–Crippen LogP) is 2.40. The number of aryl methyl sites for hydroxylation is 1. The van der Waals surface area contributed by atoms with Crippen molar-refractivity contribution in [3.8, 4) is 12.1 Å². The minimum atomic E-state index is 0.0449. The molecule has 5 nitrogen and oxygen atoms in total. The molecule has 0 unspecified atom stereocenters. The van der Waals surface area contributed by atoms with Crippen molar-refractivity contribution in [3.05, 3.63) is 40.8 Å². The second-order valence-corrected chi connectivity index (χ2v) is 5.43. The molecule has 1 aromatic heterocycles. The number of H-pyrrole nitrogens is 1. The molecule has 0 atom stereocenters. The molecule has 2 N–H and O–H groups in total. The third-order valence-corrected chi connectivity index (χ3v) is 3.87. The summed E-state index contributed by atoms with van der Waals surface area (Å²) in [5.74, 6) is 0.744. The van der Waals surface area contributed by atoms with E-state index in [-0.39, 0.29) is 6.61 Å². The van der Waals surface area contributed by atoms with Crippen LogP contribution in [0.1, 0.15) is 29.6 Å². The van der Waals surface area contributed by atoms with E-state index in [4.69, 9.17) is 15.6 Å². The maximum absolute atomic E-state index is 9.00. The summed E-state index contributed by atoms with van der Waals surface area (Å²) in [5.41, 5.74) is 1.91. The average molecular weight is 298 g/mol. The molecule has 0 aliphatic heterocycles. The van der Waals surface area contributed by atoms with Crippen LogP contribution >= 0.6 is 11.8 Å². The fourth-order valence-electron chi connectivity index (χ4n) is 1.89. The Morgan fingerprint density at radius 2 is 1.90 bits per heavy atom. The molecule has 0 fully saturated rings. The van der Waals surface area contributed by atoms with E-state index in [2.05, 4.69) is 22.1 Å². The summed E-state index contributed by atoms with van der Waals surface area (Å²) in [6, 6.07) is 9.16. The molecule has 0 amide bonds. The van der Waals surface area contributed by atoms with Crippen LogP contribution in [-0.2, 0) is 12.8 Å². The van der Waals surface area contributed by atoms with Crippen molar-refractivity contribution in [2.24, 2.45) is 0 Å². The number of aromatic nitrogens is 2. The van der Waals surface area contributed by atoms with Gasteiger partial charge in [0.15, 0.2) is 0 Å². The van der Waals surface area contributed by atoms with Crippen molar-refractivity contribution >= 4 is 11.8 Å². The maximum Gasteiger partial charge on any atom is 0.122 e. The Hall–Kier alpha value is -2.28. The van der Waals surface area contributed by atoms with Gasteiger partial charge in [-0.25, -0.2) is 4.98 Å². The van der Waals surface area contributed by atoms with Crippen LogP contribution in [0.5, 0.6) is 0 Å². The van der Waals surface area contributed by atoms with Gasteiger partial charge in [-0.3, -0.25) is 0 Å². The lowest BCUT2D eigenvalue weighted by molar-refractivity contribution is 0.297. The highest BCUT2D eigenvalue weighted by Crippen LogP contribution is 2.30. The van der Waals surface area contributed by atoms with Gasteiger partial charge in [0.25, 0.3) is 0 Å². The molecule has 1 aromatic carbocycles. The largest absolute Gasteiger partial charge is 0.396 e. The minimum Gasteiger partial charge on any atom is -0.396 e. The molecular weight excluding hydrogens is 284 g/mol. The first-order valence-electron chi connectivity index (χ1n) is 6.52. The summed E-state index contributed by atoms with van der Waals surface area (Å²) < 4.78 is 0. The molecule has 21 heavy (non-hydrogen) atoms. The van der Waals surface area contributed by atoms with E-state index < -0.39 is 0 Å². The first-order chi connectivity index (χ1) is 10.2. The second kappa shape index (κ2) is 6.94. The number of aliphatic hydroxyl groups is 1. The zero-order chi connectivity index (χ0) is 15.2. The fourth-order valence-corrected chi connectivity index (χ4v) is 2.96. The van der Waals surface area contributed by atoms with Gasteiger partial charge in [0.05, 0.1) is 29.9 Å². The van der Waals surface area contributed by atoms with Gasteiger partial charge in [-0.1, -0.05) is 18.7 Å². The lowest BCUT2D eigenvalue weighted by atomic mass is 10.1. The molecule has 0 saturated carbocycles. The number of aromatic amines is 1. The molecule has 0 aliphatic carbocycles. The van der Waals surface area contributed by atoms with Crippen molar-refractivity contribution in [2.75, 3.05) is 6.61 Å². The third kappa shape index (κ3) is 3.63. The SMILES string of the molecule is CCc1[nH]c(CCO)nc1Sc1cc(C#N)cc(C#N)c1. The zero-order valence-corrected chi connectivity index (χ0v) is 12.4. The topological polar surface area (TPSA) is 96.5 Å². The summed E-state index contributed by atoms with van der Waals surface area (Å²) in [6.45, 7) is 2.07. The standard InChI is InChI=1S/C15H14N4OS/c1-2-13-15(19-14(18-13)3-4-20)21-12-6-10(8-16)5-11(7-12)9-17/h5-7,20H,2-4H2,1H3,(H,18,19). The smallest absolute Gasteiger partial charge is 0.122 e. The van der Waals surface area contributed by atoms with Crippen LogP contribution in [0.2, 0.25) is 0 Å². The highest BCUT2D eigenvalue weighted by molar-refractivity contribution is 7.99. The molecule has 0 bridgehead atoms. The van der Waals surface area contributed by atoms with Crippen molar-refractivity contribution in [2.45, 2.75) is 29.7 Å².